The topological polar surface area (TPSA) is 86.8 Å². The van der Waals surface area contributed by atoms with Crippen LogP contribution in [0.4, 0.5) is 4.79 Å². The van der Waals surface area contributed by atoms with Crippen LogP contribution in [0, 0.1) is 0 Å². The molecule has 0 aromatic carbocycles. The van der Waals surface area contributed by atoms with Crippen LogP contribution in [0.25, 0.3) is 0 Å². The molecule has 0 fully saturated rings. The van der Waals surface area contributed by atoms with Gasteiger partial charge in [-0.25, -0.2) is 4.79 Å². The average molecular weight is 232 g/mol. The lowest BCUT2D eigenvalue weighted by atomic mass is 10.0. The van der Waals surface area contributed by atoms with E-state index in [2.05, 4.69) is 0 Å². The highest BCUT2D eigenvalue weighted by Gasteiger charge is 2.25. The number of nitrogens with zero attached hydrogens (tertiary/aromatic N) is 1. The van der Waals surface area contributed by atoms with Gasteiger partial charge >= 0.3 is 6.09 Å². The van der Waals surface area contributed by atoms with E-state index < -0.39 is 6.09 Å². The molecule has 96 valence electrons. The molecule has 1 amide bonds. The van der Waals surface area contributed by atoms with Crippen LogP contribution in [0.5, 0.6) is 0 Å². The maximum atomic E-state index is 11.0. The number of carbonyl (C=O) groups is 1. The Kier molecular flexibility index (Phi) is 6.36. The van der Waals surface area contributed by atoms with E-state index in [1.54, 1.807) is 0 Å². The second kappa shape index (κ2) is 6.70. The standard InChI is InChI=1S/C11H24N2O3/c1-11(2,3)13(10(15)16)7-4-5-9(12)6-8-14/h9,14H,4-8,12H2,1-3H3,(H,15,16)/t9-/m0/s1. The molecule has 5 heteroatoms. The molecule has 0 aliphatic carbocycles. The fourth-order valence-corrected chi connectivity index (χ4v) is 1.54. The zero-order valence-electron chi connectivity index (χ0n) is 10.4. The minimum atomic E-state index is -0.900. The van der Waals surface area contributed by atoms with Gasteiger partial charge < -0.3 is 20.8 Å². The number of carboxylic acid groups (broad SMARTS) is 1. The summed E-state index contributed by atoms with van der Waals surface area (Å²) in [5.74, 6) is 0. The van der Waals surface area contributed by atoms with E-state index in [1.165, 1.54) is 4.90 Å². The molecule has 0 aliphatic rings. The van der Waals surface area contributed by atoms with E-state index in [0.29, 0.717) is 13.0 Å². The summed E-state index contributed by atoms with van der Waals surface area (Å²) in [7, 11) is 0. The fourth-order valence-electron chi connectivity index (χ4n) is 1.54. The highest BCUT2D eigenvalue weighted by atomic mass is 16.4. The monoisotopic (exact) mass is 232 g/mol. The van der Waals surface area contributed by atoms with Crippen molar-refractivity contribution >= 4 is 6.09 Å². The molecule has 0 unspecified atom stereocenters. The van der Waals surface area contributed by atoms with E-state index in [1.807, 2.05) is 20.8 Å². The van der Waals surface area contributed by atoms with Gasteiger partial charge in [-0.05, 0) is 40.0 Å². The molecule has 0 radical (unpaired) electrons. The van der Waals surface area contributed by atoms with Gasteiger partial charge in [-0.1, -0.05) is 0 Å². The summed E-state index contributed by atoms with van der Waals surface area (Å²) in [4.78, 5) is 12.4. The molecule has 0 spiro atoms. The van der Waals surface area contributed by atoms with E-state index >= 15 is 0 Å². The van der Waals surface area contributed by atoms with Crippen molar-refractivity contribution in [1.29, 1.82) is 0 Å². The number of aliphatic hydroxyl groups excluding tert-OH is 1. The minimum Gasteiger partial charge on any atom is -0.465 e. The van der Waals surface area contributed by atoms with Crippen molar-refractivity contribution in [2.24, 2.45) is 5.73 Å². The van der Waals surface area contributed by atoms with Crippen molar-refractivity contribution in [2.45, 2.75) is 51.6 Å². The summed E-state index contributed by atoms with van der Waals surface area (Å²) in [5, 5.41) is 17.7. The Morgan fingerprint density at radius 2 is 1.94 bits per heavy atom. The molecular formula is C11H24N2O3. The van der Waals surface area contributed by atoms with Crippen LogP contribution in [-0.2, 0) is 0 Å². The van der Waals surface area contributed by atoms with Crippen LogP contribution in [0.2, 0.25) is 0 Å². The summed E-state index contributed by atoms with van der Waals surface area (Å²) in [6.45, 7) is 6.18. The molecule has 0 heterocycles. The quantitative estimate of drug-likeness (QED) is 0.643. The van der Waals surface area contributed by atoms with Gasteiger partial charge in [0.2, 0.25) is 0 Å². The number of hydrogen-bond acceptors (Lipinski definition) is 3. The number of aliphatic hydroxyl groups is 1. The third-order valence-electron chi connectivity index (χ3n) is 2.50. The molecule has 1 atom stereocenters. The third-order valence-corrected chi connectivity index (χ3v) is 2.50. The van der Waals surface area contributed by atoms with Crippen molar-refractivity contribution in [3.05, 3.63) is 0 Å². The van der Waals surface area contributed by atoms with Gasteiger partial charge in [0.15, 0.2) is 0 Å². The first-order chi connectivity index (χ1) is 7.29. The van der Waals surface area contributed by atoms with Gasteiger partial charge in [0.05, 0.1) is 0 Å². The molecule has 0 bridgehead atoms. The predicted octanol–water partition coefficient (Wildman–Crippen LogP) is 1.25. The summed E-state index contributed by atoms with van der Waals surface area (Å²) in [6.07, 6.45) is 1.14. The second-order valence-electron chi connectivity index (χ2n) is 5.02. The van der Waals surface area contributed by atoms with Gasteiger partial charge in [-0.3, -0.25) is 0 Å². The van der Waals surface area contributed by atoms with Crippen LogP contribution in [0.3, 0.4) is 0 Å². The van der Waals surface area contributed by atoms with Crippen molar-refractivity contribution in [2.75, 3.05) is 13.2 Å². The Balaban J connectivity index is 4.00. The smallest absolute Gasteiger partial charge is 0.407 e. The SMILES string of the molecule is CC(C)(C)N(CCC[C@H](N)CCO)C(=O)O. The van der Waals surface area contributed by atoms with Crippen molar-refractivity contribution in [3.63, 3.8) is 0 Å². The lowest BCUT2D eigenvalue weighted by Gasteiger charge is -2.33. The first-order valence-corrected chi connectivity index (χ1v) is 5.66. The molecule has 0 aromatic rings. The first-order valence-electron chi connectivity index (χ1n) is 5.66. The van der Waals surface area contributed by atoms with E-state index in [-0.39, 0.29) is 18.2 Å². The molecule has 0 rings (SSSR count). The lowest BCUT2D eigenvalue weighted by molar-refractivity contribution is 0.0984. The Morgan fingerprint density at radius 1 is 1.38 bits per heavy atom. The summed E-state index contributed by atoms with van der Waals surface area (Å²) >= 11 is 0. The van der Waals surface area contributed by atoms with Crippen LogP contribution in [0.1, 0.15) is 40.0 Å². The van der Waals surface area contributed by atoms with Crippen LogP contribution in [0.15, 0.2) is 0 Å². The van der Waals surface area contributed by atoms with Gasteiger partial charge in [-0.15, -0.1) is 0 Å². The second-order valence-corrected chi connectivity index (χ2v) is 5.02. The van der Waals surface area contributed by atoms with E-state index in [0.717, 1.165) is 12.8 Å². The predicted molar refractivity (Wildman–Crippen MR) is 63.4 cm³/mol. The van der Waals surface area contributed by atoms with Crippen LogP contribution < -0.4 is 5.73 Å². The molecule has 0 saturated carbocycles. The largest absolute Gasteiger partial charge is 0.465 e. The highest BCUT2D eigenvalue weighted by molar-refractivity contribution is 5.65. The van der Waals surface area contributed by atoms with Crippen molar-refractivity contribution in [3.8, 4) is 0 Å². The molecule has 5 nitrogen and oxygen atoms in total. The summed E-state index contributed by atoms with van der Waals surface area (Å²) in [5.41, 5.74) is 5.35. The maximum absolute atomic E-state index is 11.0. The molecule has 0 aliphatic heterocycles. The summed E-state index contributed by atoms with van der Waals surface area (Å²) in [6, 6.07) is -0.0411. The zero-order chi connectivity index (χ0) is 12.8. The Bertz CT molecular complexity index is 214. The molecule has 16 heavy (non-hydrogen) atoms. The number of amides is 1. The Morgan fingerprint density at radius 3 is 2.31 bits per heavy atom. The van der Waals surface area contributed by atoms with Crippen LogP contribution in [-0.4, -0.2) is 45.9 Å². The fraction of sp³-hybridized carbons (Fsp3) is 0.909. The summed E-state index contributed by atoms with van der Waals surface area (Å²) < 4.78 is 0. The van der Waals surface area contributed by atoms with Gasteiger partial charge in [0.25, 0.3) is 0 Å². The van der Waals surface area contributed by atoms with E-state index in [9.17, 15) is 4.79 Å². The van der Waals surface area contributed by atoms with E-state index in [4.69, 9.17) is 15.9 Å². The normalized spacial score (nSPS) is 13.6. The van der Waals surface area contributed by atoms with Gasteiger partial charge in [-0.2, -0.15) is 0 Å². The van der Waals surface area contributed by atoms with Crippen LogP contribution >= 0.6 is 0 Å². The number of nitrogens with two attached hydrogens (primary N) is 1. The lowest BCUT2D eigenvalue weighted by Crippen LogP contribution is -2.45. The number of hydrogen-bond donors (Lipinski definition) is 3. The zero-order valence-corrected chi connectivity index (χ0v) is 10.4. The molecule has 4 N–H and O–H groups in total. The van der Waals surface area contributed by atoms with Crippen molar-refractivity contribution < 1.29 is 15.0 Å². The number of rotatable bonds is 6. The average Bonchev–Trinajstić information content (AvgIpc) is 2.10. The maximum Gasteiger partial charge on any atom is 0.407 e. The van der Waals surface area contributed by atoms with Crippen molar-refractivity contribution in [1.82, 2.24) is 4.90 Å². The van der Waals surface area contributed by atoms with Gasteiger partial charge in [0, 0.05) is 24.7 Å². The molecule has 0 aromatic heterocycles. The Labute approximate surface area is 97.2 Å². The molecule has 0 saturated heterocycles. The Hall–Kier alpha value is -0.810. The first kappa shape index (κ1) is 15.2. The van der Waals surface area contributed by atoms with Gasteiger partial charge in [0.1, 0.15) is 0 Å². The third kappa shape index (κ3) is 5.92. The minimum absolute atomic E-state index is 0.0411. The highest BCUT2D eigenvalue weighted by Crippen LogP contribution is 2.14. The molecular weight excluding hydrogens is 208 g/mol.